The number of hydrogen-bond acceptors (Lipinski definition) is 4. The summed E-state index contributed by atoms with van der Waals surface area (Å²) >= 11 is 0. The number of hydrogen-bond donors (Lipinski definition) is 0. The zero-order chi connectivity index (χ0) is 11.8. The molecule has 5 nitrogen and oxygen atoms in total. The molecule has 0 radical (unpaired) electrons. The zero-order valence-electron chi connectivity index (χ0n) is 9.14. The van der Waals surface area contributed by atoms with Crippen molar-refractivity contribution in [1.29, 1.82) is 5.26 Å². The number of carbonyl (C=O) groups excluding carboxylic acids is 2. The third-order valence-corrected chi connectivity index (χ3v) is 3.26. The highest BCUT2D eigenvalue weighted by Gasteiger charge is 2.46. The third-order valence-electron chi connectivity index (χ3n) is 3.26. The smallest absolute Gasteiger partial charge is 0.254 e. The molecule has 16 heavy (non-hydrogen) atoms. The minimum Gasteiger partial charge on any atom is -0.306 e. The number of carbonyl (C=O) groups is 2. The minimum atomic E-state index is -0.940. The predicted molar refractivity (Wildman–Crippen MR) is 56.1 cm³/mol. The zero-order valence-corrected chi connectivity index (χ0v) is 9.14. The lowest BCUT2D eigenvalue weighted by Gasteiger charge is -2.40. The van der Waals surface area contributed by atoms with Gasteiger partial charge in [0, 0.05) is 25.2 Å². The lowest BCUT2D eigenvalue weighted by Crippen LogP contribution is -2.56. The molecular weight excluding hydrogens is 206 g/mol. The van der Waals surface area contributed by atoms with E-state index in [2.05, 4.69) is 11.0 Å². The molecule has 0 aromatic rings. The Morgan fingerprint density at radius 2 is 1.75 bits per heavy atom. The molecule has 0 aromatic heterocycles. The number of nitrogens with zero attached hydrogens (tertiary/aromatic N) is 3. The number of likely N-dealkylation sites (tertiary alicyclic amines) is 1. The van der Waals surface area contributed by atoms with Crippen molar-refractivity contribution >= 4 is 11.8 Å². The SMILES string of the molecule is CN1CCC(C#N)(N2C(=O)C=CC2=O)CC1. The van der Waals surface area contributed by atoms with Crippen LogP contribution in [0.4, 0.5) is 0 Å². The Morgan fingerprint density at radius 3 is 2.19 bits per heavy atom. The standard InChI is InChI=1S/C11H13N3O2/c1-13-6-4-11(8-12,5-7-13)14-9(15)2-3-10(14)16/h2-3H,4-7H2,1H3. The quantitative estimate of drug-likeness (QED) is 0.578. The molecule has 0 aromatic carbocycles. The van der Waals surface area contributed by atoms with Gasteiger partial charge in [0.1, 0.15) is 5.54 Å². The van der Waals surface area contributed by atoms with Crippen molar-refractivity contribution in [3.05, 3.63) is 12.2 Å². The topological polar surface area (TPSA) is 64.4 Å². The Bertz CT molecular complexity index is 382. The molecule has 0 spiro atoms. The van der Waals surface area contributed by atoms with Crippen LogP contribution in [0.15, 0.2) is 12.2 Å². The van der Waals surface area contributed by atoms with Gasteiger partial charge < -0.3 is 4.90 Å². The third kappa shape index (κ3) is 1.51. The number of nitriles is 1. The molecule has 0 bridgehead atoms. The fourth-order valence-corrected chi connectivity index (χ4v) is 2.20. The van der Waals surface area contributed by atoms with Crippen LogP contribution in [0.1, 0.15) is 12.8 Å². The lowest BCUT2D eigenvalue weighted by molar-refractivity contribution is -0.143. The van der Waals surface area contributed by atoms with Crippen LogP contribution in [0.25, 0.3) is 0 Å². The molecule has 0 N–H and O–H groups in total. The van der Waals surface area contributed by atoms with Crippen LogP contribution in [-0.2, 0) is 9.59 Å². The van der Waals surface area contributed by atoms with Gasteiger partial charge in [0.2, 0.25) is 0 Å². The molecule has 2 aliphatic rings. The molecule has 1 saturated heterocycles. The number of amides is 2. The molecule has 0 aliphatic carbocycles. The van der Waals surface area contributed by atoms with E-state index in [1.165, 1.54) is 12.2 Å². The van der Waals surface area contributed by atoms with Gasteiger partial charge in [-0.3, -0.25) is 14.5 Å². The van der Waals surface area contributed by atoms with Gasteiger partial charge in [0.25, 0.3) is 11.8 Å². The average Bonchev–Trinajstić information content (AvgIpc) is 2.62. The van der Waals surface area contributed by atoms with Crippen molar-refractivity contribution in [3.8, 4) is 6.07 Å². The molecular formula is C11H13N3O2. The van der Waals surface area contributed by atoms with Crippen molar-refractivity contribution < 1.29 is 9.59 Å². The minimum absolute atomic E-state index is 0.365. The van der Waals surface area contributed by atoms with Gasteiger partial charge in [-0.15, -0.1) is 0 Å². The first-order chi connectivity index (χ1) is 7.59. The molecule has 5 heteroatoms. The van der Waals surface area contributed by atoms with Gasteiger partial charge in [0.15, 0.2) is 0 Å². The second-order valence-electron chi connectivity index (χ2n) is 4.29. The highest BCUT2D eigenvalue weighted by atomic mass is 16.2. The Kier molecular flexibility index (Phi) is 2.52. The van der Waals surface area contributed by atoms with Crippen molar-refractivity contribution in [2.45, 2.75) is 18.4 Å². The van der Waals surface area contributed by atoms with E-state index < -0.39 is 5.54 Å². The normalized spacial score (nSPS) is 24.9. The van der Waals surface area contributed by atoms with Crippen LogP contribution >= 0.6 is 0 Å². The van der Waals surface area contributed by atoms with Gasteiger partial charge in [-0.2, -0.15) is 5.26 Å². The monoisotopic (exact) mass is 219 g/mol. The average molecular weight is 219 g/mol. The highest BCUT2D eigenvalue weighted by Crippen LogP contribution is 2.30. The summed E-state index contributed by atoms with van der Waals surface area (Å²) in [5, 5.41) is 9.28. The van der Waals surface area contributed by atoms with E-state index >= 15 is 0 Å². The summed E-state index contributed by atoms with van der Waals surface area (Å²) in [7, 11) is 1.97. The van der Waals surface area contributed by atoms with E-state index in [9.17, 15) is 14.9 Å². The Balaban J connectivity index is 2.26. The van der Waals surface area contributed by atoms with Crippen molar-refractivity contribution in [1.82, 2.24) is 9.80 Å². The number of rotatable bonds is 1. The molecule has 2 heterocycles. The van der Waals surface area contributed by atoms with Crippen molar-refractivity contribution in [3.63, 3.8) is 0 Å². The van der Waals surface area contributed by atoms with Crippen LogP contribution in [0, 0.1) is 11.3 Å². The Morgan fingerprint density at radius 1 is 1.25 bits per heavy atom. The van der Waals surface area contributed by atoms with E-state index in [1.807, 2.05) is 7.05 Å². The second-order valence-corrected chi connectivity index (χ2v) is 4.29. The fourth-order valence-electron chi connectivity index (χ4n) is 2.20. The fraction of sp³-hybridized carbons (Fsp3) is 0.545. The van der Waals surface area contributed by atoms with E-state index in [4.69, 9.17) is 0 Å². The summed E-state index contributed by atoms with van der Waals surface area (Å²) in [5.41, 5.74) is -0.940. The largest absolute Gasteiger partial charge is 0.306 e. The van der Waals surface area contributed by atoms with E-state index in [0.29, 0.717) is 12.8 Å². The molecule has 2 aliphatic heterocycles. The summed E-state index contributed by atoms with van der Waals surface area (Å²) in [5.74, 6) is -0.729. The van der Waals surface area contributed by atoms with E-state index in [0.717, 1.165) is 18.0 Å². The van der Waals surface area contributed by atoms with Gasteiger partial charge in [-0.05, 0) is 19.9 Å². The Hall–Kier alpha value is -1.67. The summed E-state index contributed by atoms with van der Waals surface area (Å²) in [6, 6.07) is 2.16. The van der Waals surface area contributed by atoms with E-state index in [1.54, 1.807) is 0 Å². The Labute approximate surface area is 93.9 Å². The molecule has 0 unspecified atom stereocenters. The van der Waals surface area contributed by atoms with E-state index in [-0.39, 0.29) is 11.8 Å². The summed E-state index contributed by atoms with van der Waals surface area (Å²) in [4.78, 5) is 26.4. The highest BCUT2D eigenvalue weighted by molar-refractivity contribution is 6.13. The van der Waals surface area contributed by atoms with Crippen molar-refractivity contribution in [2.75, 3.05) is 20.1 Å². The lowest BCUT2D eigenvalue weighted by atomic mass is 9.87. The maximum atomic E-state index is 11.6. The summed E-state index contributed by atoms with van der Waals surface area (Å²) < 4.78 is 0. The van der Waals surface area contributed by atoms with Gasteiger partial charge >= 0.3 is 0 Å². The molecule has 84 valence electrons. The van der Waals surface area contributed by atoms with Gasteiger partial charge in [0.05, 0.1) is 6.07 Å². The van der Waals surface area contributed by atoms with Crippen LogP contribution in [0.5, 0.6) is 0 Å². The number of piperidine rings is 1. The first kappa shape index (κ1) is 10.8. The van der Waals surface area contributed by atoms with Gasteiger partial charge in [-0.1, -0.05) is 0 Å². The van der Waals surface area contributed by atoms with Gasteiger partial charge in [-0.25, -0.2) is 0 Å². The van der Waals surface area contributed by atoms with Crippen LogP contribution in [0.2, 0.25) is 0 Å². The molecule has 2 amide bonds. The maximum Gasteiger partial charge on any atom is 0.254 e. The molecule has 1 fully saturated rings. The van der Waals surface area contributed by atoms with Crippen LogP contribution < -0.4 is 0 Å². The number of imide groups is 1. The molecule has 2 rings (SSSR count). The maximum absolute atomic E-state index is 11.6. The first-order valence-corrected chi connectivity index (χ1v) is 5.25. The molecule has 0 atom stereocenters. The van der Waals surface area contributed by atoms with Crippen molar-refractivity contribution in [2.24, 2.45) is 0 Å². The first-order valence-electron chi connectivity index (χ1n) is 5.25. The summed E-state index contributed by atoms with van der Waals surface area (Å²) in [6.07, 6.45) is 3.53. The summed E-state index contributed by atoms with van der Waals surface area (Å²) in [6.45, 7) is 1.45. The molecule has 0 saturated carbocycles. The van der Waals surface area contributed by atoms with Crippen LogP contribution in [-0.4, -0.2) is 47.3 Å². The second kappa shape index (κ2) is 3.72. The predicted octanol–water partition coefficient (Wildman–Crippen LogP) is -0.101. The van der Waals surface area contributed by atoms with Crippen LogP contribution in [0.3, 0.4) is 0 Å².